The van der Waals surface area contributed by atoms with E-state index in [4.69, 9.17) is 17.3 Å². The Morgan fingerprint density at radius 3 is 2.68 bits per heavy atom. The van der Waals surface area contributed by atoms with Crippen LogP contribution in [0.4, 0.5) is 0 Å². The molecular formula is C14H18ClN3S. The van der Waals surface area contributed by atoms with Crippen molar-refractivity contribution in [2.45, 2.75) is 19.5 Å². The standard InChI is InChI=1S/C14H18ClN3S/c1-18(8-11-2-4-12(15)5-3-11)9-13-10-19-14(17-13)6-7-16/h2-5,10H,6-9,16H2,1H3. The average molecular weight is 296 g/mol. The van der Waals surface area contributed by atoms with Crippen molar-refractivity contribution in [3.05, 3.63) is 50.9 Å². The zero-order valence-corrected chi connectivity index (χ0v) is 12.5. The molecule has 0 amide bonds. The van der Waals surface area contributed by atoms with Crippen LogP contribution in [0.3, 0.4) is 0 Å². The van der Waals surface area contributed by atoms with Gasteiger partial charge in [0.2, 0.25) is 0 Å². The summed E-state index contributed by atoms with van der Waals surface area (Å²) in [5, 5.41) is 4.01. The molecule has 2 N–H and O–H groups in total. The van der Waals surface area contributed by atoms with Crippen LogP contribution in [-0.2, 0) is 19.5 Å². The van der Waals surface area contributed by atoms with Crippen LogP contribution in [0.15, 0.2) is 29.6 Å². The summed E-state index contributed by atoms with van der Waals surface area (Å²) in [6.45, 7) is 2.40. The molecule has 1 heterocycles. The van der Waals surface area contributed by atoms with Crippen LogP contribution in [-0.4, -0.2) is 23.5 Å². The maximum Gasteiger partial charge on any atom is 0.0941 e. The molecule has 0 unspecified atom stereocenters. The number of benzene rings is 1. The molecule has 3 nitrogen and oxygen atoms in total. The molecule has 0 aliphatic carbocycles. The van der Waals surface area contributed by atoms with Gasteiger partial charge in [-0.25, -0.2) is 4.98 Å². The molecule has 0 saturated carbocycles. The van der Waals surface area contributed by atoms with Crippen molar-refractivity contribution in [3.8, 4) is 0 Å². The van der Waals surface area contributed by atoms with Gasteiger partial charge < -0.3 is 5.73 Å². The Hall–Kier alpha value is -0.940. The molecule has 102 valence electrons. The second kappa shape index (κ2) is 7.01. The van der Waals surface area contributed by atoms with Gasteiger partial charge in [-0.3, -0.25) is 4.90 Å². The van der Waals surface area contributed by atoms with Gasteiger partial charge in [0.05, 0.1) is 10.7 Å². The Bertz CT molecular complexity index is 510. The largest absolute Gasteiger partial charge is 0.330 e. The van der Waals surface area contributed by atoms with Gasteiger partial charge in [-0.15, -0.1) is 11.3 Å². The molecule has 1 aromatic carbocycles. The van der Waals surface area contributed by atoms with E-state index in [1.165, 1.54) is 5.56 Å². The van der Waals surface area contributed by atoms with Crippen LogP contribution in [0.1, 0.15) is 16.3 Å². The van der Waals surface area contributed by atoms with Gasteiger partial charge in [0.1, 0.15) is 0 Å². The first kappa shape index (κ1) is 14.5. The van der Waals surface area contributed by atoms with Crippen molar-refractivity contribution >= 4 is 22.9 Å². The lowest BCUT2D eigenvalue weighted by Gasteiger charge is -2.15. The van der Waals surface area contributed by atoms with Crippen molar-refractivity contribution in [1.29, 1.82) is 0 Å². The topological polar surface area (TPSA) is 42.1 Å². The van der Waals surface area contributed by atoms with E-state index < -0.39 is 0 Å². The molecule has 0 saturated heterocycles. The van der Waals surface area contributed by atoms with Gasteiger partial charge in [0.15, 0.2) is 0 Å². The van der Waals surface area contributed by atoms with E-state index in [1.807, 2.05) is 12.1 Å². The summed E-state index contributed by atoms with van der Waals surface area (Å²) in [6.07, 6.45) is 0.867. The highest BCUT2D eigenvalue weighted by atomic mass is 35.5. The average Bonchev–Trinajstić information content (AvgIpc) is 2.80. The van der Waals surface area contributed by atoms with E-state index >= 15 is 0 Å². The van der Waals surface area contributed by atoms with E-state index in [9.17, 15) is 0 Å². The number of aromatic nitrogens is 1. The third-order valence-electron chi connectivity index (χ3n) is 2.76. The number of nitrogens with two attached hydrogens (primary N) is 1. The lowest BCUT2D eigenvalue weighted by molar-refractivity contribution is 0.315. The summed E-state index contributed by atoms with van der Waals surface area (Å²) in [4.78, 5) is 6.81. The van der Waals surface area contributed by atoms with Crippen LogP contribution in [0, 0.1) is 0 Å². The summed E-state index contributed by atoms with van der Waals surface area (Å²) in [7, 11) is 2.09. The Labute approximate surface area is 123 Å². The molecule has 0 atom stereocenters. The first-order chi connectivity index (χ1) is 9.17. The van der Waals surface area contributed by atoms with Gasteiger partial charge in [-0.2, -0.15) is 0 Å². The maximum absolute atomic E-state index is 5.88. The van der Waals surface area contributed by atoms with Crippen molar-refractivity contribution in [3.63, 3.8) is 0 Å². The van der Waals surface area contributed by atoms with Crippen LogP contribution in [0.2, 0.25) is 5.02 Å². The summed E-state index contributed by atoms with van der Waals surface area (Å²) in [6, 6.07) is 7.96. The molecular weight excluding hydrogens is 278 g/mol. The predicted molar refractivity (Wildman–Crippen MR) is 81.5 cm³/mol. The van der Waals surface area contributed by atoms with Crippen LogP contribution < -0.4 is 5.73 Å². The van der Waals surface area contributed by atoms with Crippen molar-refractivity contribution in [2.24, 2.45) is 5.73 Å². The number of nitrogens with zero attached hydrogens (tertiary/aromatic N) is 2. The highest BCUT2D eigenvalue weighted by molar-refractivity contribution is 7.09. The fraction of sp³-hybridized carbons (Fsp3) is 0.357. The zero-order chi connectivity index (χ0) is 13.7. The Kier molecular flexibility index (Phi) is 5.34. The molecule has 0 fully saturated rings. The quantitative estimate of drug-likeness (QED) is 0.891. The third-order valence-corrected chi connectivity index (χ3v) is 3.96. The number of halogens is 1. The number of thiazole rings is 1. The normalized spacial score (nSPS) is 11.2. The third kappa shape index (κ3) is 4.58. The Morgan fingerprint density at radius 2 is 2.00 bits per heavy atom. The Morgan fingerprint density at radius 1 is 1.26 bits per heavy atom. The molecule has 5 heteroatoms. The van der Waals surface area contributed by atoms with E-state index in [-0.39, 0.29) is 0 Å². The minimum atomic E-state index is 0.660. The predicted octanol–water partition coefficient (Wildman–Crippen LogP) is 2.93. The lowest BCUT2D eigenvalue weighted by atomic mass is 10.2. The smallest absolute Gasteiger partial charge is 0.0941 e. The van der Waals surface area contributed by atoms with Gasteiger partial charge in [-0.1, -0.05) is 23.7 Å². The number of hydrogen-bond acceptors (Lipinski definition) is 4. The molecule has 2 rings (SSSR count). The van der Waals surface area contributed by atoms with Gasteiger partial charge in [0, 0.05) is 29.9 Å². The fourth-order valence-electron chi connectivity index (χ4n) is 1.89. The number of rotatable bonds is 6. The van der Waals surface area contributed by atoms with Gasteiger partial charge in [0.25, 0.3) is 0 Å². The highest BCUT2D eigenvalue weighted by Gasteiger charge is 2.06. The van der Waals surface area contributed by atoms with Gasteiger partial charge in [-0.05, 0) is 31.3 Å². The summed E-state index contributed by atoms with van der Waals surface area (Å²) in [5.74, 6) is 0. The SMILES string of the molecule is CN(Cc1ccc(Cl)cc1)Cc1csc(CCN)n1. The first-order valence-corrected chi connectivity index (χ1v) is 7.49. The van der Waals surface area contributed by atoms with E-state index in [0.717, 1.165) is 35.2 Å². The molecule has 2 aromatic rings. The molecule has 0 aliphatic rings. The van der Waals surface area contributed by atoms with Crippen LogP contribution in [0.5, 0.6) is 0 Å². The van der Waals surface area contributed by atoms with E-state index in [0.29, 0.717) is 6.54 Å². The van der Waals surface area contributed by atoms with Crippen molar-refractivity contribution in [1.82, 2.24) is 9.88 Å². The van der Waals surface area contributed by atoms with Crippen molar-refractivity contribution in [2.75, 3.05) is 13.6 Å². The second-order valence-electron chi connectivity index (χ2n) is 4.57. The van der Waals surface area contributed by atoms with E-state index in [2.05, 4.69) is 34.4 Å². The minimum Gasteiger partial charge on any atom is -0.330 e. The molecule has 0 radical (unpaired) electrons. The molecule has 0 spiro atoms. The van der Waals surface area contributed by atoms with E-state index in [1.54, 1.807) is 11.3 Å². The summed E-state index contributed by atoms with van der Waals surface area (Å²) in [5.41, 5.74) is 7.90. The highest BCUT2D eigenvalue weighted by Crippen LogP contribution is 2.14. The van der Waals surface area contributed by atoms with Crippen LogP contribution >= 0.6 is 22.9 Å². The lowest BCUT2D eigenvalue weighted by Crippen LogP contribution is -2.17. The Balaban J connectivity index is 1.89. The molecule has 0 bridgehead atoms. The summed E-state index contributed by atoms with van der Waals surface area (Å²) >= 11 is 7.57. The second-order valence-corrected chi connectivity index (χ2v) is 5.95. The maximum atomic E-state index is 5.88. The first-order valence-electron chi connectivity index (χ1n) is 6.23. The minimum absolute atomic E-state index is 0.660. The number of hydrogen-bond donors (Lipinski definition) is 1. The molecule has 19 heavy (non-hydrogen) atoms. The zero-order valence-electron chi connectivity index (χ0n) is 11.0. The fourth-order valence-corrected chi connectivity index (χ4v) is 2.82. The molecule has 1 aromatic heterocycles. The van der Waals surface area contributed by atoms with Gasteiger partial charge >= 0.3 is 0 Å². The van der Waals surface area contributed by atoms with Crippen LogP contribution in [0.25, 0.3) is 0 Å². The monoisotopic (exact) mass is 295 g/mol. The van der Waals surface area contributed by atoms with Crippen molar-refractivity contribution < 1.29 is 0 Å². The summed E-state index contributed by atoms with van der Waals surface area (Å²) < 4.78 is 0. The molecule has 0 aliphatic heterocycles.